The molecule has 56 heavy (non-hydrogen) atoms. The van der Waals surface area contributed by atoms with Crippen LogP contribution in [0.25, 0.3) is 22.2 Å². The number of aldehydes is 1. The van der Waals surface area contributed by atoms with E-state index in [-0.39, 0.29) is 24.3 Å². The van der Waals surface area contributed by atoms with Gasteiger partial charge in [-0.25, -0.2) is 4.98 Å². The first kappa shape index (κ1) is 37.6. The molecule has 2 aromatic heterocycles. The fraction of sp³-hybridized carbons (Fsp3) is 0.476. The highest BCUT2D eigenvalue weighted by Gasteiger charge is 2.34. The molecule has 6 heterocycles. The van der Waals surface area contributed by atoms with E-state index in [1.54, 1.807) is 19.2 Å². The van der Waals surface area contributed by atoms with E-state index in [0.717, 1.165) is 124 Å². The van der Waals surface area contributed by atoms with Crippen LogP contribution in [0.15, 0.2) is 54.7 Å². The lowest BCUT2D eigenvalue weighted by molar-refractivity contribution is -0.136. The summed E-state index contributed by atoms with van der Waals surface area (Å²) >= 11 is 0. The average molecular weight is 761 g/mol. The second-order valence-electron chi connectivity index (χ2n) is 16.0. The van der Waals surface area contributed by atoms with Crippen molar-refractivity contribution in [2.75, 3.05) is 88.0 Å². The molecule has 14 heteroatoms. The maximum Gasteiger partial charge on any atom is 0.255 e. The smallest absolute Gasteiger partial charge is 0.255 e. The van der Waals surface area contributed by atoms with Crippen molar-refractivity contribution in [1.82, 2.24) is 35.2 Å². The van der Waals surface area contributed by atoms with Crippen molar-refractivity contribution in [2.45, 2.75) is 44.6 Å². The maximum atomic E-state index is 13.5. The minimum absolute atomic E-state index is 0.179. The number of H-pyrrole nitrogens is 1. The van der Waals surface area contributed by atoms with Gasteiger partial charge in [0.2, 0.25) is 11.8 Å². The Labute approximate surface area is 327 Å². The van der Waals surface area contributed by atoms with Crippen LogP contribution in [-0.2, 0) is 9.59 Å². The predicted octanol–water partition coefficient (Wildman–Crippen LogP) is 3.65. The summed E-state index contributed by atoms with van der Waals surface area (Å²) in [5, 5.41) is 11.0. The molecule has 294 valence electrons. The number of carbonyl (C=O) groups is 4. The van der Waals surface area contributed by atoms with E-state index in [1.807, 2.05) is 36.5 Å². The summed E-state index contributed by atoms with van der Waals surface area (Å²) in [5.74, 6) is 1.14. The number of benzene rings is 2. The number of hydrogen-bond donors (Lipinski definition) is 3. The van der Waals surface area contributed by atoms with E-state index in [2.05, 4.69) is 41.2 Å². The Balaban J connectivity index is 0.773. The zero-order chi connectivity index (χ0) is 38.8. The molecule has 4 aliphatic rings. The largest absolute Gasteiger partial charge is 0.399 e. The number of nitrogens with zero attached hydrogens (tertiary/aromatic N) is 7. The Hall–Kier alpha value is -5.34. The molecule has 0 saturated carbocycles. The number of nitrogen functional groups attached to an aromatic ring is 1. The molecule has 4 aliphatic heterocycles. The third kappa shape index (κ3) is 8.12. The molecule has 4 saturated heterocycles. The second kappa shape index (κ2) is 16.4. The molecular weight excluding hydrogens is 709 g/mol. The number of nitrogens with one attached hydrogen (secondary N) is 2. The number of amides is 3. The van der Waals surface area contributed by atoms with Gasteiger partial charge in [0, 0.05) is 99.9 Å². The highest BCUT2D eigenvalue weighted by molar-refractivity contribution is 6.06. The van der Waals surface area contributed by atoms with Crippen LogP contribution in [-0.4, -0.2) is 132 Å². The van der Waals surface area contributed by atoms with Crippen molar-refractivity contribution in [2.24, 2.45) is 11.8 Å². The summed E-state index contributed by atoms with van der Waals surface area (Å²) in [6, 6.07) is 14.6. The number of piperidine rings is 3. The van der Waals surface area contributed by atoms with Crippen LogP contribution in [0.4, 0.5) is 17.2 Å². The standard InChI is InChI=1S/C42H52N10O4/c1-48(37-6-7-39(54)45-41(37)55)42(56)34-24-33(4-2-31(34)27-53)51-16-11-29(12-17-51)25-49-14-9-28(10-15-49)26-50-18-20-52(21-19-50)38-22-30(8-13-44-38)40-35-23-32(43)3-5-36(35)46-47-40/h2-5,8,13,22-24,27-29,37H,6-7,9-12,14-21,25-26,43H2,1H3,(H,46,47)(H,45,54,55). The first-order valence-electron chi connectivity index (χ1n) is 20.1. The fourth-order valence-corrected chi connectivity index (χ4v) is 9.02. The van der Waals surface area contributed by atoms with Gasteiger partial charge in [-0.05, 0) is 106 Å². The maximum absolute atomic E-state index is 13.5. The molecule has 0 radical (unpaired) electrons. The first-order valence-corrected chi connectivity index (χ1v) is 20.1. The van der Waals surface area contributed by atoms with Gasteiger partial charge in [-0.3, -0.25) is 34.5 Å². The van der Waals surface area contributed by atoms with Gasteiger partial charge in [0.15, 0.2) is 6.29 Å². The first-order chi connectivity index (χ1) is 27.2. The number of fused-ring (bicyclic) bond motifs is 1. The molecule has 14 nitrogen and oxygen atoms in total. The number of nitrogens with two attached hydrogens (primary N) is 1. The molecule has 2 aromatic carbocycles. The van der Waals surface area contributed by atoms with Gasteiger partial charge < -0.3 is 25.3 Å². The number of hydrogen-bond acceptors (Lipinski definition) is 11. The number of pyridine rings is 1. The number of likely N-dealkylation sites (N-methyl/N-ethyl adjacent to an activating group) is 1. The molecule has 0 bridgehead atoms. The van der Waals surface area contributed by atoms with Crippen molar-refractivity contribution >= 4 is 52.1 Å². The summed E-state index contributed by atoms with van der Waals surface area (Å²) < 4.78 is 0. The Bertz CT molecular complexity index is 2080. The van der Waals surface area contributed by atoms with Gasteiger partial charge >= 0.3 is 0 Å². The topological polar surface area (TPSA) is 164 Å². The van der Waals surface area contributed by atoms with Gasteiger partial charge in [0.25, 0.3) is 5.91 Å². The van der Waals surface area contributed by atoms with Gasteiger partial charge in [-0.15, -0.1) is 0 Å². The fourth-order valence-electron chi connectivity index (χ4n) is 9.02. The van der Waals surface area contributed by atoms with Crippen LogP contribution in [0.1, 0.15) is 59.2 Å². The summed E-state index contributed by atoms with van der Waals surface area (Å²) in [5.41, 5.74) is 11.2. The second-order valence-corrected chi connectivity index (χ2v) is 16.0. The van der Waals surface area contributed by atoms with Crippen molar-refractivity contribution < 1.29 is 19.2 Å². The van der Waals surface area contributed by atoms with Crippen molar-refractivity contribution in [3.05, 3.63) is 65.9 Å². The van der Waals surface area contributed by atoms with Gasteiger partial charge in [-0.2, -0.15) is 5.10 Å². The van der Waals surface area contributed by atoms with E-state index in [1.165, 1.54) is 17.7 Å². The number of anilines is 3. The highest BCUT2D eigenvalue weighted by atomic mass is 16.2. The Kier molecular flexibility index (Phi) is 11.0. The average Bonchev–Trinajstić information content (AvgIpc) is 3.64. The lowest BCUT2D eigenvalue weighted by Crippen LogP contribution is -2.53. The van der Waals surface area contributed by atoms with E-state index in [9.17, 15) is 19.2 Å². The molecule has 1 atom stereocenters. The highest BCUT2D eigenvalue weighted by Crippen LogP contribution is 2.31. The summed E-state index contributed by atoms with van der Waals surface area (Å²) in [6.07, 6.45) is 7.63. The minimum Gasteiger partial charge on any atom is -0.399 e. The SMILES string of the molecule is CN(C(=O)c1cc(N2CCC(CN3CCC(CN4CCN(c5cc(-c6n[nH]c7ccc(N)cc67)ccn5)CC4)CC3)CC2)ccc1C=O)C1CCC(=O)NC1=O. The predicted molar refractivity (Wildman–Crippen MR) is 217 cm³/mol. The molecule has 4 aromatic rings. The molecule has 0 spiro atoms. The third-order valence-corrected chi connectivity index (χ3v) is 12.4. The molecular formula is C42H52N10O4. The van der Waals surface area contributed by atoms with E-state index in [4.69, 9.17) is 10.7 Å². The van der Waals surface area contributed by atoms with Crippen LogP contribution in [0.5, 0.6) is 0 Å². The summed E-state index contributed by atoms with van der Waals surface area (Å²) in [7, 11) is 1.56. The number of piperazine rings is 1. The van der Waals surface area contributed by atoms with Gasteiger partial charge in [-0.1, -0.05) is 0 Å². The van der Waals surface area contributed by atoms with Crippen LogP contribution < -0.4 is 20.9 Å². The monoisotopic (exact) mass is 760 g/mol. The van der Waals surface area contributed by atoms with Crippen molar-refractivity contribution in [3.8, 4) is 11.3 Å². The quantitative estimate of drug-likeness (QED) is 0.123. The minimum atomic E-state index is -0.746. The number of aromatic amines is 1. The Morgan fingerprint density at radius 3 is 2.29 bits per heavy atom. The van der Waals surface area contributed by atoms with E-state index < -0.39 is 17.9 Å². The van der Waals surface area contributed by atoms with Crippen LogP contribution in [0.3, 0.4) is 0 Å². The molecule has 4 fully saturated rings. The lowest BCUT2D eigenvalue weighted by Gasteiger charge is -2.41. The lowest BCUT2D eigenvalue weighted by atomic mass is 9.92. The normalized spacial score (nSPS) is 20.7. The molecule has 4 N–H and O–H groups in total. The van der Waals surface area contributed by atoms with Crippen LogP contribution in [0, 0.1) is 11.8 Å². The van der Waals surface area contributed by atoms with Crippen molar-refractivity contribution in [1.29, 1.82) is 0 Å². The van der Waals surface area contributed by atoms with Gasteiger partial charge in [0.05, 0.1) is 11.1 Å². The van der Waals surface area contributed by atoms with Crippen LogP contribution in [0.2, 0.25) is 0 Å². The Morgan fingerprint density at radius 1 is 0.857 bits per heavy atom. The summed E-state index contributed by atoms with van der Waals surface area (Å²) in [6.45, 7) is 10.3. The zero-order valence-electron chi connectivity index (χ0n) is 32.2. The van der Waals surface area contributed by atoms with E-state index in [0.29, 0.717) is 17.8 Å². The Morgan fingerprint density at radius 2 is 1.57 bits per heavy atom. The van der Waals surface area contributed by atoms with Crippen molar-refractivity contribution in [3.63, 3.8) is 0 Å². The number of carbonyl (C=O) groups excluding carboxylic acids is 4. The molecule has 1 unspecified atom stereocenters. The third-order valence-electron chi connectivity index (χ3n) is 12.4. The summed E-state index contributed by atoms with van der Waals surface area (Å²) in [4.78, 5) is 65.5. The van der Waals surface area contributed by atoms with Gasteiger partial charge in [0.1, 0.15) is 17.6 Å². The molecule has 3 amide bonds. The van der Waals surface area contributed by atoms with Crippen LogP contribution >= 0.6 is 0 Å². The number of rotatable bonds is 10. The number of imide groups is 1. The molecule has 0 aliphatic carbocycles. The van der Waals surface area contributed by atoms with E-state index >= 15 is 0 Å². The number of likely N-dealkylation sites (tertiary alicyclic amines) is 1. The zero-order valence-corrected chi connectivity index (χ0v) is 32.2. The number of aromatic nitrogens is 3. The molecule has 8 rings (SSSR count).